The number of phenolic OH excluding ortho intramolecular Hbond substituents is 1. The molecular weight excluding hydrogens is 302 g/mol. The minimum Gasteiger partial charge on any atom is -0.504 e. The highest BCUT2D eigenvalue weighted by Crippen LogP contribution is 2.36. The Morgan fingerprint density at radius 1 is 1.50 bits per heavy atom. The number of carbonyl (C=O) groups excluding carboxylic acids is 1. The van der Waals surface area contributed by atoms with Gasteiger partial charge in [0.1, 0.15) is 0 Å². The van der Waals surface area contributed by atoms with Gasteiger partial charge in [-0.2, -0.15) is 0 Å². The second-order valence-corrected chi connectivity index (χ2v) is 4.46. The fourth-order valence-electron chi connectivity index (χ4n) is 1.56. The molecule has 2 rings (SSSR count). The SMILES string of the molecule is COc1c(O)cc(C=C2N=C(C)OC2=O)cc1Br. The van der Waals surface area contributed by atoms with E-state index in [1.54, 1.807) is 13.0 Å². The molecule has 0 saturated carbocycles. The second kappa shape index (κ2) is 4.81. The fourth-order valence-corrected chi connectivity index (χ4v) is 2.19. The Kier molecular flexibility index (Phi) is 3.38. The maximum Gasteiger partial charge on any atom is 0.363 e. The molecule has 1 aromatic rings. The van der Waals surface area contributed by atoms with E-state index in [0.29, 0.717) is 21.7 Å². The van der Waals surface area contributed by atoms with Crippen molar-refractivity contribution in [1.29, 1.82) is 0 Å². The molecule has 0 amide bonds. The normalized spacial score (nSPS) is 16.7. The molecular formula is C12H10BrNO4. The van der Waals surface area contributed by atoms with Crippen molar-refractivity contribution in [1.82, 2.24) is 0 Å². The molecule has 0 aliphatic carbocycles. The van der Waals surface area contributed by atoms with Crippen molar-refractivity contribution in [3.05, 3.63) is 27.9 Å². The molecule has 1 aliphatic heterocycles. The smallest absolute Gasteiger partial charge is 0.363 e. The number of phenols is 1. The molecule has 1 aromatic carbocycles. The van der Waals surface area contributed by atoms with E-state index in [1.807, 2.05) is 0 Å². The Labute approximate surface area is 112 Å². The van der Waals surface area contributed by atoms with Crippen LogP contribution in [0.5, 0.6) is 11.5 Å². The summed E-state index contributed by atoms with van der Waals surface area (Å²) in [5.41, 5.74) is 0.814. The molecule has 0 bridgehead atoms. The van der Waals surface area contributed by atoms with Crippen LogP contribution in [-0.2, 0) is 9.53 Å². The average Bonchev–Trinajstić information content (AvgIpc) is 2.57. The lowest BCUT2D eigenvalue weighted by molar-refractivity contribution is -0.130. The summed E-state index contributed by atoms with van der Waals surface area (Å²) >= 11 is 3.27. The van der Waals surface area contributed by atoms with Gasteiger partial charge in [-0.25, -0.2) is 9.79 Å². The molecule has 0 fully saturated rings. The van der Waals surface area contributed by atoms with Crippen LogP contribution in [0.2, 0.25) is 0 Å². The number of nitrogens with zero attached hydrogens (tertiary/aromatic N) is 1. The van der Waals surface area contributed by atoms with Crippen molar-refractivity contribution in [2.75, 3.05) is 7.11 Å². The number of ether oxygens (including phenoxy) is 2. The summed E-state index contributed by atoms with van der Waals surface area (Å²) in [7, 11) is 1.46. The fraction of sp³-hybridized carbons (Fsp3) is 0.167. The third-order valence-electron chi connectivity index (χ3n) is 2.28. The Balaban J connectivity index is 2.42. The van der Waals surface area contributed by atoms with Crippen LogP contribution in [0.4, 0.5) is 0 Å². The number of benzene rings is 1. The van der Waals surface area contributed by atoms with Crippen molar-refractivity contribution in [3.8, 4) is 11.5 Å². The third-order valence-corrected chi connectivity index (χ3v) is 2.87. The van der Waals surface area contributed by atoms with Gasteiger partial charge in [-0.05, 0) is 39.7 Å². The molecule has 5 nitrogen and oxygen atoms in total. The van der Waals surface area contributed by atoms with Gasteiger partial charge in [0, 0.05) is 6.92 Å². The number of halogens is 1. The first-order valence-electron chi connectivity index (χ1n) is 5.07. The molecule has 0 atom stereocenters. The Hall–Kier alpha value is -1.82. The van der Waals surface area contributed by atoms with Gasteiger partial charge in [0.15, 0.2) is 23.1 Å². The van der Waals surface area contributed by atoms with Crippen molar-refractivity contribution < 1.29 is 19.4 Å². The van der Waals surface area contributed by atoms with Crippen LogP contribution in [-0.4, -0.2) is 24.1 Å². The van der Waals surface area contributed by atoms with Crippen molar-refractivity contribution in [2.45, 2.75) is 6.92 Å². The van der Waals surface area contributed by atoms with Gasteiger partial charge in [-0.15, -0.1) is 0 Å². The molecule has 94 valence electrons. The number of methoxy groups -OCH3 is 1. The van der Waals surface area contributed by atoms with Crippen LogP contribution >= 0.6 is 15.9 Å². The van der Waals surface area contributed by atoms with Crippen molar-refractivity contribution >= 4 is 33.9 Å². The van der Waals surface area contributed by atoms with Gasteiger partial charge >= 0.3 is 5.97 Å². The molecule has 1 heterocycles. The lowest BCUT2D eigenvalue weighted by atomic mass is 10.1. The Bertz CT molecular complexity index is 554. The van der Waals surface area contributed by atoms with E-state index < -0.39 is 5.97 Å². The first kappa shape index (κ1) is 12.6. The minimum absolute atomic E-state index is 0.0224. The molecule has 0 spiro atoms. The summed E-state index contributed by atoms with van der Waals surface area (Å²) in [6.07, 6.45) is 1.53. The second-order valence-electron chi connectivity index (χ2n) is 3.61. The van der Waals surface area contributed by atoms with Gasteiger partial charge in [0.2, 0.25) is 0 Å². The van der Waals surface area contributed by atoms with Gasteiger partial charge in [0.25, 0.3) is 0 Å². The molecule has 18 heavy (non-hydrogen) atoms. The van der Waals surface area contributed by atoms with E-state index in [0.717, 1.165) is 0 Å². The largest absolute Gasteiger partial charge is 0.504 e. The standard InChI is InChI=1S/C12H10BrNO4/c1-6-14-9(12(16)18-6)4-7-3-8(13)11(17-2)10(15)5-7/h3-5,15H,1-2H3. The van der Waals surface area contributed by atoms with Gasteiger partial charge in [-0.1, -0.05) is 0 Å². The predicted molar refractivity (Wildman–Crippen MR) is 69.5 cm³/mol. The Morgan fingerprint density at radius 3 is 2.72 bits per heavy atom. The highest BCUT2D eigenvalue weighted by Gasteiger charge is 2.20. The Morgan fingerprint density at radius 2 is 2.22 bits per heavy atom. The van der Waals surface area contributed by atoms with E-state index in [9.17, 15) is 9.90 Å². The van der Waals surface area contributed by atoms with Crippen molar-refractivity contribution in [3.63, 3.8) is 0 Å². The highest BCUT2D eigenvalue weighted by atomic mass is 79.9. The quantitative estimate of drug-likeness (QED) is 0.673. The maximum atomic E-state index is 11.4. The van der Waals surface area contributed by atoms with Gasteiger partial charge in [0.05, 0.1) is 11.6 Å². The number of carbonyl (C=O) groups is 1. The summed E-state index contributed by atoms with van der Waals surface area (Å²) in [5, 5.41) is 9.73. The van der Waals surface area contributed by atoms with Gasteiger partial charge in [-0.3, -0.25) is 0 Å². The van der Waals surface area contributed by atoms with Crippen molar-refractivity contribution in [2.24, 2.45) is 4.99 Å². The zero-order chi connectivity index (χ0) is 13.3. The summed E-state index contributed by atoms with van der Waals surface area (Å²) in [6.45, 7) is 1.60. The molecule has 0 radical (unpaired) electrons. The summed E-state index contributed by atoms with van der Waals surface area (Å²) in [5.74, 6) is 0.124. The van der Waals surface area contributed by atoms with E-state index in [1.165, 1.54) is 19.3 Å². The van der Waals surface area contributed by atoms with E-state index in [4.69, 9.17) is 9.47 Å². The summed E-state index contributed by atoms with van der Waals surface area (Å²) in [4.78, 5) is 15.3. The zero-order valence-corrected chi connectivity index (χ0v) is 11.3. The minimum atomic E-state index is -0.501. The average molecular weight is 312 g/mol. The number of rotatable bonds is 2. The molecule has 0 saturated heterocycles. The number of hydrogen-bond donors (Lipinski definition) is 1. The van der Waals surface area contributed by atoms with Crippen LogP contribution in [0.3, 0.4) is 0 Å². The topological polar surface area (TPSA) is 68.1 Å². The number of aromatic hydroxyl groups is 1. The predicted octanol–water partition coefficient (Wildman–Crippen LogP) is 2.48. The molecule has 1 aliphatic rings. The first-order chi connectivity index (χ1) is 8.51. The van der Waals surface area contributed by atoms with Crippen LogP contribution in [0, 0.1) is 0 Å². The molecule has 0 aromatic heterocycles. The van der Waals surface area contributed by atoms with Crippen LogP contribution in [0.15, 0.2) is 27.3 Å². The highest BCUT2D eigenvalue weighted by molar-refractivity contribution is 9.10. The van der Waals surface area contributed by atoms with Crippen LogP contribution < -0.4 is 4.74 Å². The number of cyclic esters (lactones) is 1. The van der Waals surface area contributed by atoms with Gasteiger partial charge < -0.3 is 14.6 Å². The molecule has 1 N–H and O–H groups in total. The maximum absolute atomic E-state index is 11.4. The first-order valence-corrected chi connectivity index (χ1v) is 5.86. The number of esters is 1. The van der Waals surface area contributed by atoms with E-state index in [-0.39, 0.29) is 11.4 Å². The molecule has 6 heteroatoms. The van der Waals surface area contributed by atoms with Crippen LogP contribution in [0.1, 0.15) is 12.5 Å². The third kappa shape index (κ3) is 2.38. The summed E-state index contributed by atoms with van der Waals surface area (Å²) < 4.78 is 10.4. The zero-order valence-electron chi connectivity index (χ0n) is 9.73. The number of hydrogen-bond acceptors (Lipinski definition) is 5. The monoisotopic (exact) mass is 311 g/mol. The number of aliphatic imine (C=N–C) groups is 1. The van der Waals surface area contributed by atoms with E-state index >= 15 is 0 Å². The lowest BCUT2D eigenvalue weighted by Gasteiger charge is -2.06. The summed E-state index contributed by atoms with van der Waals surface area (Å²) in [6, 6.07) is 3.19. The molecule has 0 unspecified atom stereocenters. The van der Waals surface area contributed by atoms with Crippen LogP contribution in [0.25, 0.3) is 6.08 Å². The lowest BCUT2D eigenvalue weighted by Crippen LogP contribution is -1.99. The van der Waals surface area contributed by atoms with E-state index in [2.05, 4.69) is 20.9 Å².